The predicted octanol–water partition coefficient (Wildman–Crippen LogP) is 2.65. The molecular weight excluding hydrogens is 463 g/mol. The maximum absolute atomic E-state index is 13.9. The second kappa shape index (κ2) is 9.64. The number of carbonyl (C=O) groups is 2. The number of amides is 2. The second-order valence-corrected chi connectivity index (χ2v) is 10.2. The molecule has 2 aromatic carbocycles. The molecule has 0 unspecified atom stereocenters. The number of nitrogens with one attached hydrogen (secondary N) is 1. The Hall–Kier alpha value is -3.73. The molecule has 3 aromatic rings. The van der Waals surface area contributed by atoms with E-state index in [1.807, 2.05) is 0 Å². The van der Waals surface area contributed by atoms with E-state index in [0.717, 1.165) is 6.26 Å². The van der Waals surface area contributed by atoms with E-state index in [0.29, 0.717) is 27.8 Å². The summed E-state index contributed by atoms with van der Waals surface area (Å²) in [4.78, 5) is 30.8. The average molecular weight is 489 g/mol. The fourth-order valence-electron chi connectivity index (χ4n) is 3.43. The lowest BCUT2D eigenvalue weighted by Gasteiger charge is -2.19. The molecule has 34 heavy (non-hydrogen) atoms. The van der Waals surface area contributed by atoms with Crippen LogP contribution in [-0.2, 0) is 9.84 Å². The van der Waals surface area contributed by atoms with Gasteiger partial charge >= 0.3 is 0 Å². The summed E-state index contributed by atoms with van der Waals surface area (Å²) in [6.07, 6.45) is 2.44. The molecule has 0 atom stereocenters. The topological polar surface area (TPSA) is 132 Å². The Bertz CT molecular complexity index is 1390. The fraction of sp³-hybridized carbons (Fsp3) is 0.261. The molecule has 0 saturated carbocycles. The highest BCUT2D eigenvalue weighted by Crippen LogP contribution is 2.33. The number of halogens is 1. The number of sulfone groups is 1. The molecule has 9 nitrogen and oxygen atoms in total. The molecule has 0 bridgehead atoms. The van der Waals surface area contributed by atoms with E-state index in [2.05, 4.69) is 10.3 Å². The van der Waals surface area contributed by atoms with Crippen LogP contribution in [0, 0.1) is 12.7 Å². The van der Waals surface area contributed by atoms with Gasteiger partial charge in [0.2, 0.25) is 0 Å². The molecule has 3 rings (SSSR count). The van der Waals surface area contributed by atoms with Crippen LogP contribution in [0.5, 0.6) is 5.75 Å². The number of nitrogens with two attached hydrogens (primary N) is 1. The summed E-state index contributed by atoms with van der Waals surface area (Å²) in [6.45, 7) is 1.78. The Kier molecular flexibility index (Phi) is 7.06. The first-order valence-electron chi connectivity index (χ1n) is 10.2. The summed E-state index contributed by atoms with van der Waals surface area (Å²) in [7, 11) is -0.403. The lowest BCUT2D eigenvalue weighted by atomic mass is 10.0. The van der Waals surface area contributed by atoms with Crippen LogP contribution in [0.15, 0.2) is 36.5 Å². The van der Waals surface area contributed by atoms with Crippen molar-refractivity contribution in [2.45, 2.75) is 6.92 Å². The van der Waals surface area contributed by atoms with E-state index < -0.39 is 27.5 Å². The molecule has 180 valence electrons. The number of nitrogens with zero attached hydrogens (tertiary/aromatic N) is 2. The van der Waals surface area contributed by atoms with E-state index in [-0.39, 0.29) is 29.2 Å². The third kappa shape index (κ3) is 5.42. The highest BCUT2D eigenvalue weighted by atomic mass is 32.2. The van der Waals surface area contributed by atoms with E-state index in [4.69, 9.17) is 10.5 Å². The van der Waals surface area contributed by atoms with Crippen molar-refractivity contribution >= 4 is 43.9 Å². The van der Waals surface area contributed by atoms with Crippen LogP contribution >= 0.6 is 0 Å². The lowest BCUT2D eigenvalue weighted by molar-refractivity contribution is 0.0803. The molecule has 1 aromatic heterocycles. The van der Waals surface area contributed by atoms with Crippen LogP contribution < -0.4 is 15.8 Å². The second-order valence-electron chi connectivity index (χ2n) is 7.93. The van der Waals surface area contributed by atoms with Gasteiger partial charge in [-0.3, -0.25) is 14.6 Å². The van der Waals surface area contributed by atoms with Gasteiger partial charge in [0.1, 0.15) is 9.84 Å². The quantitative estimate of drug-likeness (QED) is 0.498. The molecule has 0 aliphatic heterocycles. The Labute approximate surface area is 196 Å². The van der Waals surface area contributed by atoms with Gasteiger partial charge in [0.05, 0.1) is 29.6 Å². The lowest BCUT2D eigenvalue weighted by Crippen LogP contribution is -2.31. The molecule has 1 heterocycles. The van der Waals surface area contributed by atoms with Crippen molar-refractivity contribution < 1.29 is 27.1 Å². The molecule has 11 heteroatoms. The largest absolute Gasteiger partial charge is 0.494 e. The zero-order chi connectivity index (χ0) is 25.2. The number of aromatic nitrogens is 1. The van der Waals surface area contributed by atoms with E-state index in [1.165, 1.54) is 43.5 Å². The van der Waals surface area contributed by atoms with Gasteiger partial charge in [-0.25, -0.2) is 12.8 Å². The minimum Gasteiger partial charge on any atom is -0.494 e. The number of pyridine rings is 1. The molecule has 0 radical (unpaired) electrons. The van der Waals surface area contributed by atoms with Crippen LogP contribution in [0.25, 0.3) is 10.9 Å². The number of aryl methyl sites for hydroxylation is 1. The van der Waals surface area contributed by atoms with Gasteiger partial charge in [-0.2, -0.15) is 0 Å². The number of ether oxygens (including phenoxy) is 1. The first kappa shape index (κ1) is 24.9. The Morgan fingerprint density at radius 2 is 1.94 bits per heavy atom. The number of primary amides is 1. The van der Waals surface area contributed by atoms with Crippen molar-refractivity contribution in [2.24, 2.45) is 5.73 Å². The first-order valence-corrected chi connectivity index (χ1v) is 12.2. The van der Waals surface area contributed by atoms with Crippen molar-refractivity contribution in [3.05, 3.63) is 59.0 Å². The Morgan fingerprint density at radius 1 is 1.24 bits per heavy atom. The van der Waals surface area contributed by atoms with Gasteiger partial charge in [-0.15, -0.1) is 0 Å². The number of hydrogen-bond acceptors (Lipinski definition) is 7. The standard InChI is InChI=1S/C23H25FN4O5S/c1-13-9-14(23(30)28(2)7-8-34(4,31)32)10-16-20(13)26-12-17(22(25)29)21(16)27-15-5-6-18(24)19(11-15)33-3/h5-6,9-12H,7-8H2,1-4H3,(H2,25,29)(H,26,27). The van der Waals surface area contributed by atoms with E-state index >= 15 is 0 Å². The van der Waals surface area contributed by atoms with Crippen molar-refractivity contribution in [1.29, 1.82) is 0 Å². The number of rotatable bonds is 8. The summed E-state index contributed by atoms with van der Waals surface area (Å²) in [5.74, 6) is -1.86. The normalized spacial score (nSPS) is 11.3. The Morgan fingerprint density at radius 3 is 2.56 bits per heavy atom. The number of fused-ring (bicyclic) bond motifs is 1. The summed E-state index contributed by atoms with van der Waals surface area (Å²) in [5.41, 5.74) is 7.83. The maximum Gasteiger partial charge on any atom is 0.253 e. The van der Waals surface area contributed by atoms with Gasteiger partial charge in [-0.1, -0.05) is 0 Å². The van der Waals surface area contributed by atoms with Crippen molar-refractivity contribution in [3.8, 4) is 5.75 Å². The van der Waals surface area contributed by atoms with Crippen LogP contribution in [0.4, 0.5) is 15.8 Å². The van der Waals surface area contributed by atoms with Crippen LogP contribution in [-0.4, -0.2) is 62.8 Å². The molecule has 0 aliphatic carbocycles. The molecule has 0 spiro atoms. The van der Waals surface area contributed by atoms with Crippen LogP contribution in [0.2, 0.25) is 0 Å². The average Bonchev–Trinajstić information content (AvgIpc) is 2.77. The Balaban J connectivity index is 2.13. The van der Waals surface area contributed by atoms with E-state index in [1.54, 1.807) is 19.1 Å². The number of anilines is 2. The molecule has 0 fully saturated rings. The molecular formula is C23H25FN4O5S. The van der Waals surface area contributed by atoms with Crippen molar-refractivity contribution in [1.82, 2.24) is 9.88 Å². The third-order valence-electron chi connectivity index (χ3n) is 5.24. The van der Waals surface area contributed by atoms with Gasteiger partial charge in [0.15, 0.2) is 11.6 Å². The van der Waals surface area contributed by atoms with E-state index in [9.17, 15) is 22.4 Å². The van der Waals surface area contributed by atoms with Crippen molar-refractivity contribution in [3.63, 3.8) is 0 Å². The van der Waals surface area contributed by atoms with Crippen LogP contribution in [0.3, 0.4) is 0 Å². The molecule has 3 N–H and O–H groups in total. The fourth-order valence-corrected chi connectivity index (χ4v) is 4.04. The SMILES string of the molecule is COc1cc(Nc2c(C(N)=O)cnc3c(C)cc(C(=O)N(C)CCS(C)(=O)=O)cc23)ccc1F. The predicted molar refractivity (Wildman–Crippen MR) is 128 cm³/mol. The summed E-state index contributed by atoms with van der Waals surface area (Å²) < 4.78 is 41.8. The summed E-state index contributed by atoms with van der Waals surface area (Å²) in [6, 6.07) is 7.31. The molecule has 2 amide bonds. The zero-order valence-electron chi connectivity index (χ0n) is 19.2. The van der Waals surface area contributed by atoms with Gasteiger partial charge < -0.3 is 20.7 Å². The molecule has 0 aliphatic rings. The highest BCUT2D eigenvalue weighted by Gasteiger charge is 2.20. The summed E-state index contributed by atoms with van der Waals surface area (Å²) >= 11 is 0. The monoisotopic (exact) mass is 488 g/mol. The van der Waals surface area contributed by atoms with Gasteiger partial charge in [0, 0.05) is 48.7 Å². The number of methoxy groups -OCH3 is 1. The minimum atomic E-state index is -3.25. The maximum atomic E-state index is 13.9. The minimum absolute atomic E-state index is 0.00327. The smallest absolute Gasteiger partial charge is 0.253 e. The number of hydrogen-bond donors (Lipinski definition) is 2. The van der Waals surface area contributed by atoms with Crippen LogP contribution in [0.1, 0.15) is 26.3 Å². The third-order valence-corrected chi connectivity index (χ3v) is 6.16. The number of carbonyl (C=O) groups excluding carboxylic acids is 2. The first-order chi connectivity index (χ1) is 15.9. The van der Waals surface area contributed by atoms with Crippen molar-refractivity contribution in [2.75, 3.05) is 38.0 Å². The van der Waals surface area contributed by atoms with Gasteiger partial charge in [0.25, 0.3) is 11.8 Å². The highest BCUT2D eigenvalue weighted by molar-refractivity contribution is 7.90. The number of benzene rings is 2. The van der Waals surface area contributed by atoms with Gasteiger partial charge in [-0.05, 0) is 36.8 Å². The summed E-state index contributed by atoms with van der Waals surface area (Å²) in [5, 5.41) is 3.52. The molecule has 0 saturated heterocycles. The zero-order valence-corrected chi connectivity index (χ0v) is 20.0.